The average molecular weight is 416 g/mol. The van der Waals surface area contributed by atoms with Crippen LogP contribution in [0.25, 0.3) is 22.0 Å². The fraction of sp³-hybridized carbons (Fsp3) is 0.300. The Bertz CT molecular complexity index is 1070. The zero-order valence-electron chi connectivity index (χ0n) is 16.6. The second kappa shape index (κ2) is 8.08. The largest absolute Gasteiger partial charge is 0.454 e. The fourth-order valence-corrected chi connectivity index (χ4v) is 2.92. The maximum Gasteiger partial charge on any atom is 0.374 e. The van der Waals surface area contributed by atoms with Crippen LogP contribution in [-0.4, -0.2) is 39.1 Å². The molecule has 152 valence electrons. The number of nitrogens with one attached hydrogen (secondary N) is 3. The molecule has 3 rings (SSSR count). The smallest absolute Gasteiger partial charge is 0.374 e. The van der Waals surface area contributed by atoms with Crippen molar-refractivity contribution < 1.29 is 14.3 Å². The molecule has 9 heteroatoms. The van der Waals surface area contributed by atoms with Gasteiger partial charge in [-0.05, 0) is 45.2 Å². The number of ether oxygens (including phenoxy) is 1. The van der Waals surface area contributed by atoms with Crippen molar-refractivity contribution in [1.29, 1.82) is 0 Å². The van der Waals surface area contributed by atoms with Crippen LogP contribution >= 0.6 is 11.6 Å². The van der Waals surface area contributed by atoms with Crippen molar-refractivity contribution in [3.63, 3.8) is 0 Å². The van der Waals surface area contributed by atoms with E-state index in [1.807, 2.05) is 6.92 Å². The van der Waals surface area contributed by atoms with Gasteiger partial charge in [-0.25, -0.2) is 19.6 Å². The van der Waals surface area contributed by atoms with E-state index in [1.165, 1.54) is 0 Å². The number of fused-ring (bicyclic) bond motifs is 1. The molecule has 0 aliphatic carbocycles. The molecule has 0 radical (unpaired) electrons. The van der Waals surface area contributed by atoms with Crippen LogP contribution in [0.15, 0.2) is 30.6 Å². The molecule has 0 aliphatic rings. The van der Waals surface area contributed by atoms with Gasteiger partial charge in [-0.1, -0.05) is 17.7 Å². The van der Waals surface area contributed by atoms with E-state index in [9.17, 15) is 9.59 Å². The lowest BCUT2D eigenvalue weighted by Crippen LogP contribution is -2.28. The Morgan fingerprint density at radius 2 is 2.00 bits per heavy atom. The third kappa shape index (κ3) is 4.83. The number of halogens is 1. The number of aromatic amines is 1. The number of carbonyl (C=O) groups is 2. The molecule has 8 nitrogen and oxygen atoms in total. The molecule has 0 atom stereocenters. The summed E-state index contributed by atoms with van der Waals surface area (Å²) in [6.45, 7) is 7.69. The first-order valence-corrected chi connectivity index (χ1v) is 9.48. The molecule has 1 aromatic carbocycles. The third-order valence-electron chi connectivity index (χ3n) is 3.87. The van der Waals surface area contributed by atoms with Crippen molar-refractivity contribution in [3.8, 4) is 11.3 Å². The van der Waals surface area contributed by atoms with Gasteiger partial charge in [0, 0.05) is 34.9 Å². The summed E-state index contributed by atoms with van der Waals surface area (Å²) >= 11 is 6.31. The quantitative estimate of drug-likeness (QED) is 0.548. The third-order valence-corrected chi connectivity index (χ3v) is 4.20. The Kier molecular flexibility index (Phi) is 5.74. The van der Waals surface area contributed by atoms with Gasteiger partial charge in [0.15, 0.2) is 0 Å². The first kappa shape index (κ1) is 20.6. The van der Waals surface area contributed by atoms with Gasteiger partial charge in [-0.2, -0.15) is 0 Å². The van der Waals surface area contributed by atoms with E-state index in [0.29, 0.717) is 28.5 Å². The lowest BCUT2D eigenvalue weighted by molar-refractivity contribution is 0.00568. The highest BCUT2D eigenvalue weighted by atomic mass is 35.5. The van der Waals surface area contributed by atoms with Gasteiger partial charge in [-0.3, -0.25) is 5.32 Å². The van der Waals surface area contributed by atoms with Crippen LogP contribution < -0.4 is 10.6 Å². The minimum Gasteiger partial charge on any atom is -0.454 e. The van der Waals surface area contributed by atoms with Crippen LogP contribution in [0.3, 0.4) is 0 Å². The van der Waals surface area contributed by atoms with Crippen LogP contribution in [0.5, 0.6) is 0 Å². The number of H-pyrrole nitrogens is 1. The van der Waals surface area contributed by atoms with E-state index >= 15 is 0 Å². The highest BCUT2D eigenvalue weighted by Crippen LogP contribution is 2.33. The highest BCUT2D eigenvalue weighted by Gasteiger charge is 2.21. The van der Waals surface area contributed by atoms with Crippen LogP contribution in [0.1, 0.15) is 38.3 Å². The summed E-state index contributed by atoms with van der Waals surface area (Å²) in [4.78, 5) is 35.5. The number of pyridine rings is 1. The van der Waals surface area contributed by atoms with Gasteiger partial charge in [-0.15, -0.1) is 0 Å². The van der Waals surface area contributed by atoms with Crippen molar-refractivity contribution >= 4 is 40.2 Å². The molecule has 0 fully saturated rings. The Morgan fingerprint density at radius 1 is 1.24 bits per heavy atom. The molecule has 0 saturated heterocycles. The predicted molar refractivity (Wildman–Crippen MR) is 112 cm³/mol. The Morgan fingerprint density at radius 3 is 2.69 bits per heavy atom. The molecule has 3 N–H and O–H groups in total. The van der Waals surface area contributed by atoms with Crippen LogP contribution in [0, 0.1) is 0 Å². The van der Waals surface area contributed by atoms with Crippen molar-refractivity contribution in [2.45, 2.75) is 33.3 Å². The number of rotatable bonds is 4. The number of carbonyl (C=O) groups excluding carboxylic acids is 2. The topological polar surface area (TPSA) is 109 Å². The lowest BCUT2D eigenvalue weighted by atomic mass is 10.0. The molecule has 0 bridgehead atoms. The van der Waals surface area contributed by atoms with Gasteiger partial charge in [0.2, 0.25) is 5.82 Å². The highest BCUT2D eigenvalue weighted by molar-refractivity contribution is 6.36. The summed E-state index contributed by atoms with van der Waals surface area (Å²) in [6.07, 6.45) is 3.21. The van der Waals surface area contributed by atoms with E-state index in [1.54, 1.807) is 51.4 Å². The molecule has 2 heterocycles. The minimum absolute atomic E-state index is 0.104. The zero-order chi connectivity index (χ0) is 21.2. The van der Waals surface area contributed by atoms with Crippen LogP contribution in [-0.2, 0) is 4.74 Å². The number of benzene rings is 1. The van der Waals surface area contributed by atoms with Gasteiger partial charge in [0.05, 0.1) is 5.69 Å². The molecular formula is C20H22ClN5O3. The maximum absolute atomic E-state index is 12.3. The molecule has 29 heavy (non-hydrogen) atoms. The fourth-order valence-electron chi connectivity index (χ4n) is 2.71. The van der Waals surface area contributed by atoms with Gasteiger partial charge >= 0.3 is 12.0 Å². The number of urea groups is 1. The Hall–Kier alpha value is -3.13. The molecule has 0 spiro atoms. The van der Waals surface area contributed by atoms with E-state index < -0.39 is 11.6 Å². The van der Waals surface area contributed by atoms with Crippen molar-refractivity contribution in [1.82, 2.24) is 20.3 Å². The Balaban J connectivity index is 2.00. The summed E-state index contributed by atoms with van der Waals surface area (Å²) in [5.74, 6) is -0.0649. The maximum atomic E-state index is 12.3. The molecular weight excluding hydrogens is 394 g/mol. The van der Waals surface area contributed by atoms with Crippen LogP contribution in [0.4, 0.5) is 10.6 Å². The summed E-state index contributed by atoms with van der Waals surface area (Å²) in [5.41, 5.74) is 0.655. The molecule has 0 aliphatic heterocycles. The Labute approximate surface area is 173 Å². The van der Waals surface area contributed by atoms with E-state index in [0.717, 1.165) is 10.9 Å². The van der Waals surface area contributed by atoms with Crippen molar-refractivity contribution in [3.05, 3.63) is 41.4 Å². The minimum atomic E-state index is -0.623. The number of anilines is 1. The second-order valence-electron chi connectivity index (χ2n) is 7.33. The zero-order valence-corrected chi connectivity index (χ0v) is 17.3. The van der Waals surface area contributed by atoms with Gasteiger partial charge in [0.1, 0.15) is 11.4 Å². The molecule has 2 aromatic heterocycles. The number of nitrogens with zero attached hydrogens (tertiary/aromatic N) is 2. The van der Waals surface area contributed by atoms with E-state index in [4.69, 9.17) is 16.3 Å². The first-order chi connectivity index (χ1) is 13.7. The number of imidazole rings is 1. The summed E-state index contributed by atoms with van der Waals surface area (Å²) < 4.78 is 5.35. The number of amides is 2. The molecule has 2 amide bonds. The lowest BCUT2D eigenvalue weighted by Gasteiger charge is -2.18. The number of esters is 1. The second-order valence-corrected chi connectivity index (χ2v) is 7.74. The molecule has 0 saturated carbocycles. The predicted octanol–water partition coefficient (Wildman–Crippen LogP) is 4.38. The SMILES string of the molecule is CCNC(=O)Nc1cc2c(-c3c[nH]c(C(=O)OC(C)(C)C)n3)ccc(Cl)c2cn1. The normalized spacial score (nSPS) is 11.3. The van der Waals surface area contributed by atoms with Gasteiger partial charge in [0.25, 0.3) is 0 Å². The number of hydrogen-bond donors (Lipinski definition) is 3. The summed E-state index contributed by atoms with van der Waals surface area (Å²) in [5, 5.41) is 7.28. The number of aromatic nitrogens is 3. The van der Waals surface area contributed by atoms with E-state index in [-0.39, 0.29) is 11.9 Å². The van der Waals surface area contributed by atoms with Crippen LogP contribution in [0.2, 0.25) is 5.02 Å². The number of hydrogen-bond acceptors (Lipinski definition) is 5. The van der Waals surface area contributed by atoms with Crippen molar-refractivity contribution in [2.75, 3.05) is 11.9 Å². The molecule has 3 aromatic rings. The monoisotopic (exact) mass is 415 g/mol. The van der Waals surface area contributed by atoms with Crippen molar-refractivity contribution in [2.24, 2.45) is 0 Å². The first-order valence-electron chi connectivity index (χ1n) is 9.10. The summed E-state index contributed by atoms with van der Waals surface area (Å²) in [6, 6.07) is 4.90. The summed E-state index contributed by atoms with van der Waals surface area (Å²) in [7, 11) is 0. The standard InChI is InChI=1S/C20H22ClN5O3/c1-5-22-19(28)26-16-8-12-11(6-7-14(21)13(12)9-23-16)15-10-24-17(25-15)18(27)29-20(2,3)4/h6-10H,5H2,1-4H3,(H,24,25)(H2,22,23,26,28). The van der Waals surface area contributed by atoms with E-state index in [2.05, 4.69) is 25.6 Å². The average Bonchev–Trinajstić information content (AvgIpc) is 3.11. The molecule has 0 unspecified atom stereocenters. The van der Waals surface area contributed by atoms with Gasteiger partial charge < -0.3 is 15.0 Å².